The van der Waals surface area contributed by atoms with E-state index in [-0.39, 0.29) is 36.7 Å². The Morgan fingerprint density at radius 3 is 2.38 bits per heavy atom. The van der Waals surface area contributed by atoms with E-state index in [0.717, 1.165) is 17.0 Å². The minimum absolute atomic E-state index is 0. The van der Waals surface area contributed by atoms with E-state index >= 15 is 0 Å². The van der Waals surface area contributed by atoms with Crippen molar-refractivity contribution < 1.29 is 35.5 Å². The zero-order chi connectivity index (χ0) is 25.2. The van der Waals surface area contributed by atoms with Gasteiger partial charge in [-0.05, 0) is 34.4 Å². The Morgan fingerprint density at radius 1 is 1.12 bits per heavy atom. The molecule has 0 saturated heterocycles. The number of benzene rings is 1. The third-order valence-electron chi connectivity index (χ3n) is 4.68. The molecule has 0 radical (unpaired) electrons. The Balaban J connectivity index is 0. The third-order valence-corrected chi connectivity index (χ3v) is 4.90. The van der Waals surface area contributed by atoms with Crippen molar-refractivity contribution in [1.29, 1.82) is 0 Å². The first-order chi connectivity index (χ1) is 15.9. The van der Waals surface area contributed by atoms with Crippen LogP contribution in [-0.4, -0.2) is 17.2 Å². The van der Waals surface area contributed by atoms with Crippen LogP contribution in [0, 0.1) is 48.9 Å². The molecule has 1 aliphatic heterocycles. The molecule has 2 heterocycles. The van der Waals surface area contributed by atoms with Gasteiger partial charge < -0.3 is 10.7 Å². The summed E-state index contributed by atoms with van der Waals surface area (Å²) in [5.74, 6) is 0.446. The number of aliphatic imine (C=N–C) groups is 1. The first-order valence-corrected chi connectivity index (χ1v) is 12.6. The van der Waals surface area contributed by atoms with Crippen molar-refractivity contribution in [2.45, 2.75) is 80.6 Å². The molecule has 1 aliphatic rings. The van der Waals surface area contributed by atoms with Crippen LogP contribution in [0.1, 0.15) is 97.3 Å². The average Bonchev–Trinajstić information content (AvgIpc) is 2.99. The van der Waals surface area contributed by atoms with Gasteiger partial charge in [-0.15, -0.1) is 23.7 Å². The van der Waals surface area contributed by atoms with Crippen LogP contribution in [-0.2, 0) is 0 Å². The minimum atomic E-state index is -0.459. The molecule has 0 unspecified atom stereocenters. The molecule has 3 rings (SSSR count). The van der Waals surface area contributed by atoms with Crippen LogP contribution in [0.3, 0.4) is 0 Å². The summed E-state index contributed by atoms with van der Waals surface area (Å²) in [6, 6.07) is 7.37. The van der Waals surface area contributed by atoms with Gasteiger partial charge in [0.15, 0.2) is 0 Å². The summed E-state index contributed by atoms with van der Waals surface area (Å²) in [4.78, 5) is 8.45. The number of hydrogen-bond acceptors (Lipinski definition) is 3. The van der Waals surface area contributed by atoms with E-state index < -0.39 is 5.82 Å². The van der Waals surface area contributed by atoms with Crippen molar-refractivity contribution in [3.63, 3.8) is 0 Å². The number of nitrogens with zero attached hydrogens (tertiary/aromatic N) is 2. The van der Waals surface area contributed by atoms with Gasteiger partial charge in [-0.2, -0.15) is 0 Å². The van der Waals surface area contributed by atoms with E-state index in [9.17, 15) is 4.39 Å². The zero-order valence-electron chi connectivity index (χ0n) is 22.0. The van der Waals surface area contributed by atoms with Crippen LogP contribution < -0.4 is 5.73 Å². The maximum absolute atomic E-state index is 14.1. The first-order valence-electron chi connectivity index (χ1n) is 12.3. The van der Waals surface area contributed by atoms with Crippen LogP contribution in [0.2, 0.25) is 5.02 Å². The van der Waals surface area contributed by atoms with Crippen LogP contribution in [0.4, 0.5) is 4.39 Å². The molecule has 2 aromatic rings. The second-order valence-corrected chi connectivity index (χ2v) is 7.99. The second-order valence-electron chi connectivity index (χ2n) is 7.55. The van der Waals surface area contributed by atoms with Crippen LogP contribution in [0.15, 0.2) is 41.7 Å². The van der Waals surface area contributed by atoms with E-state index in [2.05, 4.69) is 36.8 Å². The van der Waals surface area contributed by atoms with E-state index in [1.807, 2.05) is 27.7 Å². The largest absolute Gasteiger partial charge is 0.398 e. The van der Waals surface area contributed by atoms with Gasteiger partial charge in [0.1, 0.15) is 0 Å². The number of aromatic nitrogens is 1. The van der Waals surface area contributed by atoms with E-state index in [1.165, 1.54) is 44.2 Å². The second kappa shape index (κ2) is 21.2. The fourth-order valence-electron chi connectivity index (χ4n) is 3.08. The van der Waals surface area contributed by atoms with Gasteiger partial charge in [0.05, 0.1) is 0 Å². The molecule has 6 heteroatoms. The molecule has 2 N–H and O–H groups in total. The molecule has 0 bridgehead atoms. The summed E-state index contributed by atoms with van der Waals surface area (Å²) in [7, 11) is 0. The average molecular weight is 713 g/mol. The quantitative estimate of drug-likeness (QED) is 0.241. The molecule has 0 amide bonds. The van der Waals surface area contributed by atoms with Gasteiger partial charge in [0.2, 0.25) is 0 Å². The number of rotatable bonds is 6. The standard InChI is InChI=1S/C15H10ClFN3.C9H20.2C2H6.U/c16-9-1-2-11(13(17)7-9)15-10-3-5-19-8-12(10)14(18)4-6-20-15;1-4-5-6-7-8-9(2)3;2*1-2;/h1,3-5,7-8H,6,18H2;9H,4-8H2,1-3H3;2*1-2H3;/q-1;;;;. The van der Waals surface area contributed by atoms with Crippen LogP contribution in [0.25, 0.3) is 5.70 Å². The molecule has 34 heavy (non-hydrogen) atoms. The van der Waals surface area contributed by atoms with Gasteiger partial charge in [-0.1, -0.05) is 92.2 Å². The summed E-state index contributed by atoms with van der Waals surface area (Å²) in [6.45, 7) is 15.2. The molecule has 0 spiro atoms. The number of pyridine rings is 1. The van der Waals surface area contributed by atoms with Gasteiger partial charge in [0.25, 0.3) is 0 Å². The molecule has 188 valence electrons. The number of halogens is 2. The number of fused-ring (bicyclic) bond motifs is 1. The molecular weight excluding hydrogens is 671 g/mol. The predicted octanol–water partition coefficient (Wildman–Crippen LogP) is 8.49. The fraction of sp³-hybridized carbons (Fsp3) is 0.500. The molecular formula is C28H42ClFN3U-. The Morgan fingerprint density at radius 2 is 1.79 bits per heavy atom. The maximum Gasteiger partial charge on any atom is 0.0493 e. The Kier molecular flexibility index (Phi) is 21.8. The van der Waals surface area contributed by atoms with E-state index in [1.54, 1.807) is 24.5 Å². The van der Waals surface area contributed by atoms with E-state index in [4.69, 9.17) is 17.3 Å². The SMILES string of the molecule is CC.CC.CCCCCCC(C)C.NC1=CCN=C(c2[c-]cc(Cl)cc2F)c2ccncc21.[U]. The molecule has 0 saturated carbocycles. The van der Waals surface area contributed by atoms with Crippen LogP contribution in [0.5, 0.6) is 0 Å². The summed E-state index contributed by atoms with van der Waals surface area (Å²) < 4.78 is 14.1. The normalized spacial score (nSPS) is 11.5. The molecule has 1 aromatic heterocycles. The minimum Gasteiger partial charge on any atom is -0.398 e. The number of unbranched alkanes of at least 4 members (excludes halogenated alkanes) is 3. The smallest absolute Gasteiger partial charge is 0.0493 e. The Hall–Kier alpha value is -1.15. The number of nitrogens with two attached hydrogens (primary N) is 1. The summed E-state index contributed by atoms with van der Waals surface area (Å²) in [6.07, 6.45) is 12.1. The van der Waals surface area contributed by atoms with Gasteiger partial charge in [-0.3, -0.25) is 9.37 Å². The van der Waals surface area contributed by atoms with Crippen LogP contribution >= 0.6 is 11.6 Å². The summed E-state index contributed by atoms with van der Waals surface area (Å²) in [5.41, 5.74) is 8.83. The predicted molar refractivity (Wildman–Crippen MR) is 143 cm³/mol. The summed E-state index contributed by atoms with van der Waals surface area (Å²) >= 11 is 5.76. The van der Waals surface area contributed by atoms with Crippen molar-refractivity contribution >= 4 is 23.0 Å². The Labute approximate surface area is 236 Å². The topological polar surface area (TPSA) is 51.3 Å². The van der Waals surface area contributed by atoms with Crippen molar-refractivity contribution in [2.24, 2.45) is 16.6 Å². The molecule has 0 fully saturated rings. The fourth-order valence-corrected chi connectivity index (χ4v) is 3.23. The first kappa shape index (κ1) is 35.0. The van der Waals surface area contributed by atoms with Crippen molar-refractivity contribution in [1.82, 2.24) is 4.98 Å². The summed E-state index contributed by atoms with van der Waals surface area (Å²) in [5, 5.41) is 0.299. The van der Waals surface area contributed by atoms with Crippen molar-refractivity contribution in [2.75, 3.05) is 6.54 Å². The van der Waals surface area contributed by atoms with Gasteiger partial charge >= 0.3 is 0 Å². The monoisotopic (exact) mass is 712 g/mol. The van der Waals surface area contributed by atoms with Crippen molar-refractivity contribution in [3.8, 4) is 0 Å². The zero-order valence-corrected chi connectivity index (χ0v) is 26.9. The molecule has 1 aromatic carbocycles. The number of hydrogen-bond donors (Lipinski definition) is 1. The van der Waals surface area contributed by atoms with Gasteiger partial charge in [-0.25, -0.2) is 0 Å². The Bertz CT molecular complexity index is 866. The molecule has 0 atom stereocenters. The molecule has 3 nitrogen and oxygen atoms in total. The third kappa shape index (κ3) is 12.5. The van der Waals surface area contributed by atoms with Gasteiger partial charge in [0, 0.05) is 67.1 Å². The molecule has 0 aliphatic carbocycles. The maximum atomic E-state index is 14.1. The van der Waals surface area contributed by atoms with Crippen molar-refractivity contribution in [3.05, 3.63) is 70.3 Å². The van der Waals surface area contributed by atoms with E-state index in [0.29, 0.717) is 23.0 Å².